The SMILES string of the molecule is NSc1ccc(C(=O)N2CCCC2)cc1. The lowest BCUT2D eigenvalue weighted by atomic mass is 10.2. The van der Waals surface area contributed by atoms with Crippen LogP contribution in [0, 0.1) is 0 Å². The van der Waals surface area contributed by atoms with Crippen LogP contribution in [0.15, 0.2) is 29.2 Å². The van der Waals surface area contributed by atoms with Crippen LogP contribution < -0.4 is 5.14 Å². The number of amides is 1. The largest absolute Gasteiger partial charge is 0.339 e. The van der Waals surface area contributed by atoms with Crippen LogP contribution >= 0.6 is 11.9 Å². The number of rotatable bonds is 2. The van der Waals surface area contributed by atoms with Crippen LogP contribution in [0.2, 0.25) is 0 Å². The zero-order valence-corrected chi connectivity index (χ0v) is 9.30. The third kappa shape index (κ3) is 2.33. The second-order valence-electron chi connectivity index (χ2n) is 3.64. The molecule has 0 saturated carbocycles. The number of nitrogens with zero attached hydrogens (tertiary/aromatic N) is 1. The van der Waals surface area contributed by atoms with E-state index in [1.807, 2.05) is 29.2 Å². The summed E-state index contributed by atoms with van der Waals surface area (Å²) in [5.74, 6) is 0.140. The predicted octanol–water partition coefficient (Wildman–Crippen LogP) is 1.89. The average molecular weight is 222 g/mol. The van der Waals surface area contributed by atoms with E-state index in [1.54, 1.807) is 0 Å². The zero-order chi connectivity index (χ0) is 10.7. The maximum Gasteiger partial charge on any atom is 0.253 e. The number of nitrogens with two attached hydrogens (primary N) is 1. The minimum Gasteiger partial charge on any atom is -0.339 e. The minimum atomic E-state index is 0.140. The van der Waals surface area contributed by atoms with Crippen molar-refractivity contribution in [2.75, 3.05) is 13.1 Å². The van der Waals surface area contributed by atoms with Crippen LogP contribution in [-0.4, -0.2) is 23.9 Å². The number of carbonyl (C=O) groups excluding carboxylic acids is 1. The molecule has 0 radical (unpaired) electrons. The molecule has 0 bridgehead atoms. The van der Waals surface area contributed by atoms with Gasteiger partial charge in [0.25, 0.3) is 5.91 Å². The van der Waals surface area contributed by atoms with Crippen molar-refractivity contribution in [3.05, 3.63) is 29.8 Å². The topological polar surface area (TPSA) is 46.3 Å². The van der Waals surface area contributed by atoms with E-state index in [1.165, 1.54) is 11.9 Å². The minimum absolute atomic E-state index is 0.140. The predicted molar refractivity (Wildman–Crippen MR) is 61.6 cm³/mol. The van der Waals surface area contributed by atoms with Crippen molar-refractivity contribution in [3.8, 4) is 0 Å². The molecule has 1 aliphatic heterocycles. The third-order valence-electron chi connectivity index (χ3n) is 2.63. The first-order valence-electron chi connectivity index (χ1n) is 5.07. The zero-order valence-electron chi connectivity index (χ0n) is 8.48. The summed E-state index contributed by atoms with van der Waals surface area (Å²) in [7, 11) is 0. The highest BCUT2D eigenvalue weighted by molar-refractivity contribution is 7.97. The molecule has 1 aromatic carbocycles. The van der Waals surface area contributed by atoms with E-state index in [0.29, 0.717) is 0 Å². The summed E-state index contributed by atoms with van der Waals surface area (Å²) in [5.41, 5.74) is 0.759. The average Bonchev–Trinajstić information content (AvgIpc) is 2.82. The molecule has 0 spiro atoms. The monoisotopic (exact) mass is 222 g/mol. The molecule has 1 fully saturated rings. The molecule has 0 aliphatic carbocycles. The summed E-state index contributed by atoms with van der Waals surface area (Å²) >= 11 is 1.20. The van der Waals surface area contributed by atoms with Crippen molar-refractivity contribution in [3.63, 3.8) is 0 Å². The fourth-order valence-corrected chi connectivity index (χ4v) is 2.07. The Kier molecular flexibility index (Phi) is 3.28. The Morgan fingerprint density at radius 1 is 1.20 bits per heavy atom. The quantitative estimate of drug-likeness (QED) is 0.777. The highest BCUT2D eigenvalue weighted by Crippen LogP contribution is 2.16. The van der Waals surface area contributed by atoms with Crippen LogP contribution in [0.3, 0.4) is 0 Å². The number of likely N-dealkylation sites (tertiary alicyclic amines) is 1. The van der Waals surface area contributed by atoms with Crippen molar-refractivity contribution >= 4 is 17.9 Å². The molecule has 0 unspecified atom stereocenters. The van der Waals surface area contributed by atoms with Gasteiger partial charge in [0.05, 0.1) is 0 Å². The molecule has 1 aromatic rings. The molecule has 1 amide bonds. The maximum absolute atomic E-state index is 11.9. The molecular formula is C11H14N2OS. The Hall–Kier alpha value is -1.00. The maximum atomic E-state index is 11.9. The Morgan fingerprint density at radius 2 is 1.80 bits per heavy atom. The molecule has 3 nitrogen and oxygen atoms in total. The Morgan fingerprint density at radius 3 is 2.33 bits per heavy atom. The lowest BCUT2D eigenvalue weighted by molar-refractivity contribution is 0.0793. The number of benzene rings is 1. The molecular weight excluding hydrogens is 208 g/mol. The van der Waals surface area contributed by atoms with Gasteiger partial charge in [0.2, 0.25) is 0 Å². The second-order valence-corrected chi connectivity index (χ2v) is 4.35. The van der Waals surface area contributed by atoms with Gasteiger partial charge in [-0.2, -0.15) is 0 Å². The fraction of sp³-hybridized carbons (Fsp3) is 0.364. The molecule has 1 heterocycles. The van der Waals surface area contributed by atoms with Crippen LogP contribution in [0.25, 0.3) is 0 Å². The molecule has 15 heavy (non-hydrogen) atoms. The third-order valence-corrected chi connectivity index (χ3v) is 3.17. The van der Waals surface area contributed by atoms with E-state index in [4.69, 9.17) is 5.14 Å². The van der Waals surface area contributed by atoms with Gasteiger partial charge in [-0.3, -0.25) is 9.93 Å². The van der Waals surface area contributed by atoms with Crippen molar-refractivity contribution < 1.29 is 4.79 Å². The van der Waals surface area contributed by atoms with Gasteiger partial charge in [-0.15, -0.1) is 0 Å². The van der Waals surface area contributed by atoms with E-state index in [2.05, 4.69) is 0 Å². The summed E-state index contributed by atoms with van der Waals surface area (Å²) in [6.45, 7) is 1.79. The van der Waals surface area contributed by atoms with Gasteiger partial charge in [0.1, 0.15) is 0 Å². The summed E-state index contributed by atoms with van der Waals surface area (Å²) in [6.07, 6.45) is 2.25. The molecule has 4 heteroatoms. The first-order valence-corrected chi connectivity index (χ1v) is 5.95. The van der Waals surface area contributed by atoms with Crippen LogP contribution in [0.5, 0.6) is 0 Å². The van der Waals surface area contributed by atoms with E-state index in [0.717, 1.165) is 36.4 Å². The van der Waals surface area contributed by atoms with E-state index in [-0.39, 0.29) is 5.91 Å². The van der Waals surface area contributed by atoms with Gasteiger partial charge in [-0.25, -0.2) is 0 Å². The van der Waals surface area contributed by atoms with Crippen LogP contribution in [-0.2, 0) is 0 Å². The Balaban J connectivity index is 2.11. The van der Waals surface area contributed by atoms with E-state index >= 15 is 0 Å². The van der Waals surface area contributed by atoms with Crippen LogP contribution in [0.4, 0.5) is 0 Å². The van der Waals surface area contributed by atoms with Gasteiger partial charge >= 0.3 is 0 Å². The molecule has 2 rings (SSSR count). The lowest BCUT2D eigenvalue weighted by Gasteiger charge is -2.15. The van der Waals surface area contributed by atoms with Crippen LogP contribution in [0.1, 0.15) is 23.2 Å². The van der Waals surface area contributed by atoms with Gasteiger partial charge in [0, 0.05) is 23.5 Å². The molecule has 0 atom stereocenters. The highest BCUT2D eigenvalue weighted by atomic mass is 32.2. The highest BCUT2D eigenvalue weighted by Gasteiger charge is 2.18. The van der Waals surface area contributed by atoms with Crippen molar-refractivity contribution in [1.82, 2.24) is 4.90 Å². The molecule has 1 saturated heterocycles. The van der Waals surface area contributed by atoms with E-state index < -0.39 is 0 Å². The summed E-state index contributed by atoms with van der Waals surface area (Å²) < 4.78 is 0. The summed E-state index contributed by atoms with van der Waals surface area (Å²) in [5, 5.41) is 5.42. The van der Waals surface area contributed by atoms with Gasteiger partial charge in [-0.05, 0) is 49.1 Å². The first-order chi connectivity index (χ1) is 7.31. The van der Waals surface area contributed by atoms with Gasteiger partial charge < -0.3 is 4.90 Å². The normalized spacial score (nSPS) is 15.7. The summed E-state index contributed by atoms with van der Waals surface area (Å²) in [6, 6.07) is 7.45. The standard InChI is InChI=1S/C11H14N2OS/c12-15-10-5-3-9(4-6-10)11(14)13-7-1-2-8-13/h3-6H,1-2,7-8,12H2. The number of carbonyl (C=O) groups is 1. The van der Waals surface area contributed by atoms with Crippen molar-refractivity contribution in [2.45, 2.75) is 17.7 Å². The lowest BCUT2D eigenvalue weighted by Crippen LogP contribution is -2.27. The molecule has 80 valence electrons. The Labute approximate surface area is 93.8 Å². The number of hydrogen-bond acceptors (Lipinski definition) is 3. The molecule has 1 aliphatic rings. The number of hydrogen-bond donors (Lipinski definition) is 1. The fourth-order valence-electron chi connectivity index (χ4n) is 1.78. The van der Waals surface area contributed by atoms with Gasteiger partial charge in [0.15, 0.2) is 0 Å². The first kappa shape index (κ1) is 10.5. The molecule has 0 aromatic heterocycles. The van der Waals surface area contributed by atoms with Crippen molar-refractivity contribution in [2.24, 2.45) is 5.14 Å². The smallest absolute Gasteiger partial charge is 0.253 e. The van der Waals surface area contributed by atoms with Crippen molar-refractivity contribution in [1.29, 1.82) is 0 Å². The van der Waals surface area contributed by atoms with E-state index in [9.17, 15) is 4.79 Å². The summed E-state index contributed by atoms with van der Waals surface area (Å²) in [4.78, 5) is 14.8. The molecule has 2 N–H and O–H groups in total. The second kappa shape index (κ2) is 4.68. The Bertz CT molecular complexity index is 344. The van der Waals surface area contributed by atoms with Gasteiger partial charge in [-0.1, -0.05) is 0 Å².